The van der Waals surface area contributed by atoms with Crippen molar-refractivity contribution in [2.75, 3.05) is 23.3 Å². The quantitative estimate of drug-likeness (QED) is 0.754. The van der Waals surface area contributed by atoms with Crippen LogP contribution in [0.5, 0.6) is 0 Å². The van der Waals surface area contributed by atoms with Crippen molar-refractivity contribution in [3.05, 3.63) is 59.7 Å². The first kappa shape index (κ1) is 18.4. The van der Waals surface area contributed by atoms with E-state index in [2.05, 4.69) is 16.7 Å². The van der Waals surface area contributed by atoms with Gasteiger partial charge >= 0.3 is 0 Å². The predicted octanol–water partition coefficient (Wildman–Crippen LogP) is 3.92. The van der Waals surface area contributed by atoms with E-state index in [9.17, 15) is 9.59 Å². The van der Waals surface area contributed by atoms with Gasteiger partial charge in [-0.25, -0.2) is 0 Å². The molecule has 0 spiro atoms. The van der Waals surface area contributed by atoms with E-state index in [0.29, 0.717) is 23.9 Å². The van der Waals surface area contributed by atoms with Gasteiger partial charge in [0.15, 0.2) is 0 Å². The van der Waals surface area contributed by atoms with Gasteiger partial charge in [0.2, 0.25) is 5.91 Å². The van der Waals surface area contributed by atoms with Crippen LogP contribution in [0.15, 0.2) is 48.5 Å². The molecule has 1 saturated heterocycles. The Labute approximate surface area is 171 Å². The van der Waals surface area contributed by atoms with Crippen LogP contribution in [0, 0.1) is 5.92 Å². The number of hydrogen-bond acceptors (Lipinski definition) is 3. The van der Waals surface area contributed by atoms with Gasteiger partial charge in [0.25, 0.3) is 5.91 Å². The maximum atomic E-state index is 12.7. The molecule has 2 atom stereocenters. The van der Waals surface area contributed by atoms with Crippen molar-refractivity contribution in [1.29, 1.82) is 0 Å². The highest BCUT2D eigenvalue weighted by atomic mass is 16.2. The Hall–Kier alpha value is -2.66. The molecule has 2 amide bonds. The van der Waals surface area contributed by atoms with Crippen molar-refractivity contribution in [2.45, 2.75) is 44.1 Å². The van der Waals surface area contributed by atoms with E-state index in [-0.39, 0.29) is 11.8 Å². The first-order chi connectivity index (χ1) is 14.2. The van der Waals surface area contributed by atoms with E-state index in [0.717, 1.165) is 43.2 Å². The molecule has 5 rings (SSSR count). The van der Waals surface area contributed by atoms with Gasteiger partial charge in [-0.1, -0.05) is 12.1 Å². The highest BCUT2D eigenvalue weighted by Crippen LogP contribution is 2.42. The summed E-state index contributed by atoms with van der Waals surface area (Å²) in [6.07, 6.45) is 5.43. The number of hydrogen-bond donors (Lipinski definition) is 2. The third-order valence-corrected chi connectivity index (χ3v) is 6.24. The molecule has 2 aromatic rings. The molecule has 2 aromatic carbocycles. The van der Waals surface area contributed by atoms with Gasteiger partial charge in [0.05, 0.1) is 0 Å². The standard InChI is InChI=1S/C24H27N3O2/c28-23-5-2-12-27(23)20-10-8-19(9-11-20)26-24(29)18-4-1-3-17(13-18)21-14-22(21)25-15-16-6-7-16/h1,3-4,8-11,13,16,21-22,25H,2,5-7,12,14-15H2,(H,26,29). The van der Waals surface area contributed by atoms with E-state index < -0.39 is 0 Å². The van der Waals surface area contributed by atoms with Crippen LogP contribution in [0.2, 0.25) is 0 Å². The molecule has 0 radical (unpaired) electrons. The minimum absolute atomic E-state index is 0.0972. The van der Waals surface area contributed by atoms with Gasteiger partial charge in [0.1, 0.15) is 0 Å². The lowest BCUT2D eigenvalue weighted by Gasteiger charge is -2.16. The van der Waals surface area contributed by atoms with Crippen LogP contribution in [0.4, 0.5) is 11.4 Å². The molecule has 3 aliphatic rings. The van der Waals surface area contributed by atoms with Gasteiger partial charge < -0.3 is 15.5 Å². The molecule has 1 heterocycles. The summed E-state index contributed by atoms with van der Waals surface area (Å²) in [5, 5.41) is 6.63. The van der Waals surface area contributed by atoms with Crippen LogP contribution >= 0.6 is 0 Å². The molecule has 29 heavy (non-hydrogen) atoms. The summed E-state index contributed by atoms with van der Waals surface area (Å²) >= 11 is 0. The molecule has 1 aliphatic heterocycles. The zero-order valence-corrected chi connectivity index (χ0v) is 16.6. The Balaban J connectivity index is 1.20. The molecule has 0 aromatic heterocycles. The molecule has 0 bridgehead atoms. The van der Waals surface area contributed by atoms with E-state index >= 15 is 0 Å². The van der Waals surface area contributed by atoms with E-state index in [1.807, 2.05) is 42.5 Å². The maximum Gasteiger partial charge on any atom is 0.255 e. The third-order valence-electron chi connectivity index (χ3n) is 6.24. The third kappa shape index (κ3) is 4.20. The van der Waals surface area contributed by atoms with Gasteiger partial charge in [0, 0.05) is 41.9 Å². The number of carbonyl (C=O) groups excluding carboxylic acids is 2. The van der Waals surface area contributed by atoms with Crippen molar-refractivity contribution >= 4 is 23.2 Å². The average Bonchev–Trinajstić information content (AvgIpc) is 3.66. The Bertz CT molecular complexity index is 920. The molecule has 3 fully saturated rings. The highest BCUT2D eigenvalue weighted by Gasteiger charge is 2.39. The lowest BCUT2D eigenvalue weighted by Crippen LogP contribution is -2.23. The van der Waals surface area contributed by atoms with Gasteiger partial charge in [-0.2, -0.15) is 0 Å². The lowest BCUT2D eigenvalue weighted by atomic mass is 10.1. The fraction of sp³-hybridized carbons (Fsp3) is 0.417. The van der Waals surface area contributed by atoms with Crippen LogP contribution in [0.1, 0.15) is 53.9 Å². The van der Waals surface area contributed by atoms with Gasteiger partial charge in [-0.15, -0.1) is 0 Å². The normalized spacial score (nSPS) is 23.3. The van der Waals surface area contributed by atoms with Crippen LogP contribution in [0.25, 0.3) is 0 Å². The topological polar surface area (TPSA) is 61.4 Å². The summed E-state index contributed by atoms with van der Waals surface area (Å²) < 4.78 is 0. The number of carbonyl (C=O) groups is 2. The summed E-state index contributed by atoms with van der Waals surface area (Å²) in [5.74, 6) is 1.49. The Morgan fingerprint density at radius 3 is 2.66 bits per heavy atom. The van der Waals surface area contributed by atoms with Gasteiger partial charge in [-0.05, 0) is 80.1 Å². The minimum Gasteiger partial charge on any atom is -0.322 e. The predicted molar refractivity (Wildman–Crippen MR) is 114 cm³/mol. The van der Waals surface area contributed by atoms with Crippen molar-refractivity contribution < 1.29 is 9.59 Å². The molecule has 150 valence electrons. The van der Waals surface area contributed by atoms with Crippen LogP contribution in [-0.4, -0.2) is 30.9 Å². The fourth-order valence-electron chi connectivity index (χ4n) is 4.19. The largest absolute Gasteiger partial charge is 0.322 e. The van der Waals surface area contributed by atoms with Crippen LogP contribution < -0.4 is 15.5 Å². The van der Waals surface area contributed by atoms with Crippen LogP contribution in [-0.2, 0) is 4.79 Å². The first-order valence-electron chi connectivity index (χ1n) is 10.7. The molecular weight excluding hydrogens is 362 g/mol. The first-order valence-corrected chi connectivity index (χ1v) is 10.7. The second-order valence-corrected chi connectivity index (χ2v) is 8.58. The Morgan fingerprint density at radius 1 is 1.10 bits per heavy atom. The number of nitrogens with zero attached hydrogens (tertiary/aromatic N) is 1. The number of rotatable bonds is 7. The van der Waals surface area contributed by atoms with Gasteiger partial charge in [-0.3, -0.25) is 9.59 Å². The summed E-state index contributed by atoms with van der Waals surface area (Å²) in [5.41, 5.74) is 3.57. The summed E-state index contributed by atoms with van der Waals surface area (Å²) in [6, 6.07) is 16.1. The monoisotopic (exact) mass is 389 g/mol. The maximum absolute atomic E-state index is 12.7. The van der Waals surface area contributed by atoms with Crippen molar-refractivity contribution in [1.82, 2.24) is 5.32 Å². The SMILES string of the molecule is O=C(Nc1ccc(N2CCCC2=O)cc1)c1cccc(C2CC2NCC2CC2)c1. The fourth-order valence-corrected chi connectivity index (χ4v) is 4.19. The van der Waals surface area contributed by atoms with E-state index in [1.54, 1.807) is 4.90 Å². The zero-order valence-electron chi connectivity index (χ0n) is 16.6. The minimum atomic E-state index is -0.0972. The van der Waals surface area contributed by atoms with Crippen molar-refractivity contribution in [3.8, 4) is 0 Å². The number of anilines is 2. The summed E-state index contributed by atoms with van der Waals surface area (Å²) in [4.78, 5) is 26.4. The Kier molecular flexibility index (Phi) is 4.84. The van der Waals surface area contributed by atoms with E-state index in [4.69, 9.17) is 0 Å². The molecule has 2 saturated carbocycles. The molecule has 2 unspecified atom stereocenters. The van der Waals surface area contributed by atoms with Crippen LogP contribution in [0.3, 0.4) is 0 Å². The lowest BCUT2D eigenvalue weighted by molar-refractivity contribution is -0.117. The zero-order chi connectivity index (χ0) is 19.8. The molecule has 5 heteroatoms. The van der Waals surface area contributed by atoms with Crippen molar-refractivity contribution in [2.24, 2.45) is 5.92 Å². The second kappa shape index (κ2) is 7.64. The molecule has 2 N–H and O–H groups in total. The smallest absolute Gasteiger partial charge is 0.255 e. The average molecular weight is 389 g/mol. The molecule has 5 nitrogen and oxygen atoms in total. The number of benzene rings is 2. The second-order valence-electron chi connectivity index (χ2n) is 8.58. The van der Waals surface area contributed by atoms with E-state index in [1.165, 1.54) is 18.4 Å². The molecule has 2 aliphatic carbocycles. The Morgan fingerprint density at radius 2 is 1.93 bits per heavy atom. The summed E-state index contributed by atoms with van der Waals surface area (Å²) in [6.45, 7) is 1.91. The number of nitrogens with one attached hydrogen (secondary N) is 2. The summed E-state index contributed by atoms with van der Waals surface area (Å²) in [7, 11) is 0. The molecular formula is C24H27N3O2. The number of amides is 2. The highest BCUT2D eigenvalue weighted by molar-refractivity contribution is 6.04. The van der Waals surface area contributed by atoms with Crippen molar-refractivity contribution in [3.63, 3.8) is 0 Å².